The summed E-state index contributed by atoms with van der Waals surface area (Å²) in [6.07, 6.45) is 1.18. The summed E-state index contributed by atoms with van der Waals surface area (Å²) in [5.74, 6) is -2.18. The Morgan fingerprint density at radius 2 is 1.94 bits per heavy atom. The molecular weight excluding hydrogens is 487 g/mol. The van der Waals surface area contributed by atoms with Gasteiger partial charge in [-0.2, -0.15) is 13.2 Å². The first-order valence-corrected chi connectivity index (χ1v) is 11.1. The lowest BCUT2D eigenvalue weighted by Crippen LogP contribution is -2.43. The van der Waals surface area contributed by atoms with E-state index in [2.05, 4.69) is 27.4 Å². The summed E-state index contributed by atoms with van der Waals surface area (Å²) in [5, 5.41) is 21.3. The van der Waals surface area contributed by atoms with Gasteiger partial charge in [0, 0.05) is 50.7 Å². The predicted molar refractivity (Wildman–Crippen MR) is 122 cm³/mol. The van der Waals surface area contributed by atoms with Gasteiger partial charge in [0.2, 0.25) is 0 Å². The molecule has 2 aromatic rings. The molecular formula is C22H26F3N5O6. The molecule has 2 N–H and O–H groups in total. The zero-order valence-corrected chi connectivity index (χ0v) is 19.2. The first-order valence-electron chi connectivity index (χ1n) is 11.1. The fourth-order valence-corrected chi connectivity index (χ4v) is 3.43. The fourth-order valence-electron chi connectivity index (χ4n) is 3.43. The Morgan fingerprint density at radius 1 is 1.28 bits per heavy atom. The summed E-state index contributed by atoms with van der Waals surface area (Å²) >= 11 is 0. The quantitative estimate of drug-likeness (QED) is 0.423. The molecule has 36 heavy (non-hydrogen) atoms. The Kier molecular flexibility index (Phi) is 9.25. The molecule has 1 aromatic heterocycles. The van der Waals surface area contributed by atoms with Crippen molar-refractivity contribution in [2.75, 3.05) is 39.3 Å². The highest BCUT2D eigenvalue weighted by Crippen LogP contribution is 2.24. The van der Waals surface area contributed by atoms with E-state index in [0.717, 1.165) is 44.0 Å². The normalized spacial score (nSPS) is 18.0. The van der Waals surface area contributed by atoms with Gasteiger partial charge in [-0.05, 0) is 22.6 Å². The molecule has 0 saturated carbocycles. The largest absolute Gasteiger partial charge is 0.490 e. The number of nitrogens with one attached hydrogen (secondary N) is 1. The van der Waals surface area contributed by atoms with E-state index in [1.807, 2.05) is 24.3 Å². The van der Waals surface area contributed by atoms with Crippen LogP contribution in [0, 0.1) is 10.1 Å². The minimum Gasteiger partial charge on any atom is -0.490 e. The van der Waals surface area contributed by atoms with Gasteiger partial charge < -0.3 is 30.0 Å². The number of hydrogen-bond acceptors (Lipinski definition) is 8. The molecule has 2 aliphatic heterocycles. The van der Waals surface area contributed by atoms with Gasteiger partial charge >= 0.3 is 24.0 Å². The van der Waals surface area contributed by atoms with E-state index in [0.29, 0.717) is 19.6 Å². The maximum absolute atomic E-state index is 10.8. The van der Waals surface area contributed by atoms with Crippen molar-refractivity contribution in [3.63, 3.8) is 0 Å². The molecule has 1 aromatic carbocycles. The van der Waals surface area contributed by atoms with E-state index in [9.17, 15) is 23.3 Å². The lowest BCUT2D eigenvalue weighted by molar-refractivity contribution is -0.389. The van der Waals surface area contributed by atoms with Crippen molar-refractivity contribution in [2.45, 2.75) is 25.2 Å². The number of carboxylic acids is 1. The molecule has 4 rings (SSSR count). The predicted octanol–water partition coefficient (Wildman–Crippen LogP) is 2.57. The molecule has 3 heterocycles. The third kappa shape index (κ3) is 8.23. The lowest BCUT2D eigenvalue weighted by atomic mass is 10.2. The maximum atomic E-state index is 10.8. The number of aryl methyl sites for hydroxylation is 1. The van der Waals surface area contributed by atoms with E-state index >= 15 is 0 Å². The Morgan fingerprint density at radius 3 is 2.56 bits per heavy atom. The molecule has 0 amide bonds. The third-order valence-corrected chi connectivity index (χ3v) is 5.32. The monoisotopic (exact) mass is 513 g/mol. The molecule has 0 aliphatic carbocycles. The van der Waals surface area contributed by atoms with Crippen LogP contribution < -0.4 is 14.8 Å². The van der Waals surface area contributed by atoms with E-state index in [1.165, 1.54) is 6.20 Å². The van der Waals surface area contributed by atoms with Gasteiger partial charge in [-0.25, -0.2) is 4.79 Å². The highest BCUT2D eigenvalue weighted by Gasteiger charge is 2.38. The molecule has 1 saturated heterocycles. The summed E-state index contributed by atoms with van der Waals surface area (Å²) in [5.41, 5.74) is 1.13. The van der Waals surface area contributed by atoms with Crippen LogP contribution in [-0.2, 0) is 11.3 Å². The van der Waals surface area contributed by atoms with E-state index in [4.69, 9.17) is 19.4 Å². The van der Waals surface area contributed by atoms with Crippen LogP contribution >= 0.6 is 0 Å². The van der Waals surface area contributed by atoms with Gasteiger partial charge in [0.15, 0.2) is 0 Å². The van der Waals surface area contributed by atoms with Crippen molar-refractivity contribution >= 4 is 17.9 Å². The Bertz CT molecular complexity index is 1050. The number of ether oxygens (including phenoxy) is 2. The number of aromatic nitrogens is 2. The van der Waals surface area contributed by atoms with Crippen LogP contribution in [-0.4, -0.2) is 82.1 Å². The minimum absolute atomic E-state index is 0.178. The first-order chi connectivity index (χ1) is 17.1. The number of halogens is 3. The van der Waals surface area contributed by atoms with E-state index in [1.54, 1.807) is 4.57 Å². The SMILES string of the molecule is O=C(O)C(F)(F)F.O=[N+]([O-])c1cn2c(n1)O[C@@H](COc1ccc(C=CCN3CCNCC3)cc1)CC2. The standard InChI is InChI=1S/C20H25N5O4.C2HF3O2/c26-25(27)19-14-24-11-7-18(29-20(24)22-19)15-28-17-5-3-16(4-6-17)2-1-10-23-12-8-21-9-13-23;3-2(4,5)1(6)7/h1-6,14,18,21H,7-13,15H2;(H,6,7)/t18-;/m1./s1. The van der Waals surface area contributed by atoms with Crippen molar-refractivity contribution in [3.8, 4) is 11.8 Å². The zero-order chi connectivity index (χ0) is 26.1. The van der Waals surface area contributed by atoms with Gasteiger partial charge in [0.1, 0.15) is 24.7 Å². The van der Waals surface area contributed by atoms with E-state index < -0.39 is 17.1 Å². The number of imidazole rings is 1. The average molecular weight is 513 g/mol. The summed E-state index contributed by atoms with van der Waals surface area (Å²) in [6.45, 7) is 6.27. The molecule has 0 radical (unpaired) electrons. The van der Waals surface area contributed by atoms with Crippen LogP contribution in [0.5, 0.6) is 11.8 Å². The highest BCUT2D eigenvalue weighted by molar-refractivity contribution is 5.73. The molecule has 0 spiro atoms. The highest BCUT2D eigenvalue weighted by atomic mass is 19.4. The Labute approximate surface area is 204 Å². The summed E-state index contributed by atoms with van der Waals surface area (Å²) in [6, 6.07) is 8.22. The Balaban J connectivity index is 0.000000454. The molecule has 0 bridgehead atoms. The van der Waals surface area contributed by atoms with Crippen molar-refractivity contribution < 1.29 is 37.5 Å². The number of nitrogens with zero attached hydrogens (tertiary/aromatic N) is 4. The van der Waals surface area contributed by atoms with Crippen molar-refractivity contribution in [1.82, 2.24) is 19.8 Å². The number of benzene rings is 1. The summed E-state index contributed by atoms with van der Waals surface area (Å²) in [7, 11) is 0. The summed E-state index contributed by atoms with van der Waals surface area (Å²) in [4.78, 5) is 25.5. The molecule has 1 atom stereocenters. The van der Waals surface area contributed by atoms with Crippen LogP contribution in [0.1, 0.15) is 12.0 Å². The first kappa shape index (κ1) is 26.9. The maximum Gasteiger partial charge on any atom is 0.490 e. The third-order valence-electron chi connectivity index (χ3n) is 5.32. The second kappa shape index (κ2) is 12.4. The van der Waals surface area contributed by atoms with Crippen LogP contribution in [0.2, 0.25) is 0 Å². The molecule has 1 fully saturated rings. The number of alkyl halides is 3. The number of rotatable bonds is 7. The lowest BCUT2D eigenvalue weighted by Gasteiger charge is -2.25. The topological polar surface area (TPSA) is 132 Å². The molecule has 2 aliphatic rings. The van der Waals surface area contributed by atoms with Gasteiger partial charge in [-0.1, -0.05) is 24.3 Å². The molecule has 11 nitrogen and oxygen atoms in total. The number of nitro groups is 1. The summed E-state index contributed by atoms with van der Waals surface area (Å²) < 4.78 is 45.0. The van der Waals surface area contributed by atoms with Gasteiger partial charge in [-0.15, -0.1) is 0 Å². The van der Waals surface area contributed by atoms with Gasteiger partial charge in [0.25, 0.3) is 0 Å². The minimum atomic E-state index is -5.08. The number of piperazine rings is 1. The van der Waals surface area contributed by atoms with Crippen LogP contribution in [0.4, 0.5) is 19.0 Å². The molecule has 0 unspecified atom stereocenters. The van der Waals surface area contributed by atoms with Crippen LogP contribution in [0.15, 0.2) is 36.5 Å². The van der Waals surface area contributed by atoms with Gasteiger partial charge in [0.05, 0.1) is 0 Å². The smallest absolute Gasteiger partial charge is 0.490 e. The second-order valence-electron chi connectivity index (χ2n) is 8.00. The van der Waals surface area contributed by atoms with E-state index in [-0.39, 0.29) is 17.9 Å². The number of carboxylic acid groups (broad SMARTS) is 1. The van der Waals surface area contributed by atoms with Crippen LogP contribution in [0.25, 0.3) is 6.08 Å². The van der Waals surface area contributed by atoms with Crippen molar-refractivity contribution in [2.24, 2.45) is 0 Å². The number of fused-ring (bicyclic) bond motifs is 1. The van der Waals surface area contributed by atoms with Crippen molar-refractivity contribution in [1.29, 1.82) is 0 Å². The number of hydrogen-bond donors (Lipinski definition) is 2. The number of carbonyl (C=O) groups is 1. The van der Waals surface area contributed by atoms with Crippen molar-refractivity contribution in [3.05, 3.63) is 52.2 Å². The Hall–Kier alpha value is -3.65. The zero-order valence-electron chi connectivity index (χ0n) is 19.2. The second-order valence-corrected chi connectivity index (χ2v) is 8.00. The molecule has 196 valence electrons. The average Bonchev–Trinajstić information content (AvgIpc) is 3.28. The fraction of sp³-hybridized carbons (Fsp3) is 0.455. The molecule has 14 heteroatoms. The van der Waals surface area contributed by atoms with Crippen LogP contribution in [0.3, 0.4) is 0 Å². The number of aliphatic carboxylic acids is 1. The van der Waals surface area contributed by atoms with Gasteiger partial charge in [-0.3, -0.25) is 9.47 Å².